The number of unbranched alkanes of at least 4 members (excludes halogenated alkanes) is 1. The molecule has 33 heavy (non-hydrogen) atoms. The molecule has 0 radical (unpaired) electrons. The Labute approximate surface area is 204 Å². The molecule has 0 aliphatic rings. The van der Waals surface area contributed by atoms with Gasteiger partial charge in [0.15, 0.2) is 0 Å². The first kappa shape index (κ1) is 30.4. The van der Waals surface area contributed by atoms with Crippen molar-refractivity contribution in [2.75, 3.05) is 5.32 Å². The molecule has 9 nitrogen and oxygen atoms in total. The Morgan fingerprint density at radius 3 is 2.03 bits per heavy atom. The van der Waals surface area contributed by atoms with Crippen molar-refractivity contribution in [3.8, 4) is 0 Å². The number of nitrogens with two attached hydrogens (primary N) is 1. The highest BCUT2D eigenvalue weighted by Gasteiger charge is 2.26. The fraction of sp³-hybridized carbons (Fsp3) is 0.565. The fourth-order valence-corrected chi connectivity index (χ4v) is 3.00. The van der Waals surface area contributed by atoms with Gasteiger partial charge in [0.1, 0.15) is 12.1 Å². The van der Waals surface area contributed by atoms with E-state index < -0.39 is 35.9 Å². The summed E-state index contributed by atoms with van der Waals surface area (Å²) in [6.07, 6.45) is 3.69. The van der Waals surface area contributed by atoms with Crippen LogP contribution in [-0.2, 0) is 14.4 Å². The summed E-state index contributed by atoms with van der Waals surface area (Å²) in [6, 6.07) is 5.10. The van der Waals surface area contributed by atoms with E-state index in [1.807, 2.05) is 27.7 Å². The second-order valence-corrected chi connectivity index (χ2v) is 8.95. The van der Waals surface area contributed by atoms with Crippen LogP contribution in [0.15, 0.2) is 28.7 Å². The highest BCUT2D eigenvalue weighted by atomic mass is 79.9. The van der Waals surface area contributed by atoms with Crippen LogP contribution in [0.1, 0.15) is 66.2 Å². The largest absolute Gasteiger partial charge is 0.481 e. The third kappa shape index (κ3) is 15.0. The smallest absolute Gasteiger partial charge is 0.319 e. The van der Waals surface area contributed by atoms with E-state index in [1.54, 1.807) is 24.3 Å². The zero-order chi connectivity index (χ0) is 25.4. The molecule has 0 fully saturated rings. The Morgan fingerprint density at radius 2 is 1.61 bits per heavy atom. The van der Waals surface area contributed by atoms with Gasteiger partial charge in [-0.05, 0) is 49.4 Å². The van der Waals surface area contributed by atoms with Crippen LogP contribution in [0.2, 0.25) is 0 Å². The van der Waals surface area contributed by atoms with Crippen molar-refractivity contribution < 1.29 is 24.3 Å². The SMILES string of the molecule is CCCCC(=O)O.CCC[C@H](NC(=O)[C@H](CC(C)C)NC(=O)Nc1ccc(Br)cc1)C(N)=O. The van der Waals surface area contributed by atoms with Crippen molar-refractivity contribution in [2.45, 2.75) is 78.3 Å². The number of halogens is 1. The lowest BCUT2D eigenvalue weighted by molar-refractivity contribution is -0.137. The van der Waals surface area contributed by atoms with Crippen molar-refractivity contribution in [1.29, 1.82) is 0 Å². The van der Waals surface area contributed by atoms with Crippen LogP contribution in [0.3, 0.4) is 0 Å². The number of nitrogens with one attached hydrogen (secondary N) is 3. The van der Waals surface area contributed by atoms with Gasteiger partial charge in [-0.25, -0.2) is 4.79 Å². The van der Waals surface area contributed by atoms with E-state index in [0.29, 0.717) is 31.4 Å². The number of carboxylic acids is 1. The number of amides is 4. The molecule has 6 N–H and O–H groups in total. The molecule has 186 valence electrons. The molecule has 1 aromatic carbocycles. The number of hydrogen-bond donors (Lipinski definition) is 5. The second kappa shape index (κ2) is 16.9. The Morgan fingerprint density at radius 1 is 1.00 bits per heavy atom. The first-order valence-electron chi connectivity index (χ1n) is 11.1. The van der Waals surface area contributed by atoms with E-state index >= 15 is 0 Å². The van der Waals surface area contributed by atoms with Gasteiger partial charge in [-0.2, -0.15) is 0 Å². The van der Waals surface area contributed by atoms with Gasteiger partial charge >= 0.3 is 12.0 Å². The molecular weight excluding hydrogens is 492 g/mol. The van der Waals surface area contributed by atoms with Crippen molar-refractivity contribution in [1.82, 2.24) is 10.6 Å². The molecule has 0 aliphatic heterocycles. The minimum Gasteiger partial charge on any atom is -0.481 e. The average molecular weight is 529 g/mol. The van der Waals surface area contributed by atoms with Crippen molar-refractivity contribution in [2.24, 2.45) is 11.7 Å². The number of carboxylic acid groups (broad SMARTS) is 1. The molecule has 0 unspecified atom stereocenters. The van der Waals surface area contributed by atoms with E-state index in [4.69, 9.17) is 10.8 Å². The van der Waals surface area contributed by atoms with Crippen molar-refractivity contribution >= 4 is 45.4 Å². The first-order chi connectivity index (χ1) is 15.5. The molecule has 0 aliphatic carbocycles. The van der Waals surface area contributed by atoms with Crippen LogP contribution in [0.4, 0.5) is 10.5 Å². The third-order valence-corrected chi connectivity index (χ3v) is 4.94. The Hall–Kier alpha value is -2.62. The van der Waals surface area contributed by atoms with E-state index in [2.05, 4.69) is 31.9 Å². The summed E-state index contributed by atoms with van der Waals surface area (Å²) < 4.78 is 0.897. The highest BCUT2D eigenvalue weighted by Crippen LogP contribution is 2.14. The van der Waals surface area contributed by atoms with Gasteiger partial charge in [0, 0.05) is 16.6 Å². The molecule has 4 amide bonds. The second-order valence-electron chi connectivity index (χ2n) is 8.04. The molecule has 0 saturated heterocycles. The maximum atomic E-state index is 12.5. The van der Waals surface area contributed by atoms with E-state index in [9.17, 15) is 19.2 Å². The maximum absolute atomic E-state index is 12.5. The molecule has 10 heteroatoms. The summed E-state index contributed by atoms with van der Waals surface area (Å²) in [5.41, 5.74) is 5.94. The lowest BCUT2D eigenvalue weighted by atomic mass is 10.0. The lowest BCUT2D eigenvalue weighted by Gasteiger charge is -2.23. The topological polar surface area (TPSA) is 151 Å². The summed E-state index contributed by atoms with van der Waals surface area (Å²) in [7, 11) is 0. The van der Waals surface area contributed by atoms with Crippen LogP contribution in [0.5, 0.6) is 0 Å². The van der Waals surface area contributed by atoms with E-state index in [1.165, 1.54) is 0 Å². The summed E-state index contributed by atoms with van der Waals surface area (Å²) in [6.45, 7) is 7.78. The zero-order valence-electron chi connectivity index (χ0n) is 19.8. The van der Waals surface area contributed by atoms with E-state index in [-0.39, 0.29) is 5.92 Å². The zero-order valence-corrected chi connectivity index (χ0v) is 21.4. The van der Waals surface area contributed by atoms with Gasteiger partial charge in [-0.1, -0.05) is 56.5 Å². The van der Waals surface area contributed by atoms with Gasteiger partial charge in [0.2, 0.25) is 11.8 Å². The molecule has 0 aromatic heterocycles. The van der Waals surface area contributed by atoms with Crippen LogP contribution < -0.4 is 21.7 Å². The Balaban J connectivity index is 0.00000126. The Kier molecular flexibility index (Phi) is 15.6. The monoisotopic (exact) mass is 528 g/mol. The summed E-state index contributed by atoms with van der Waals surface area (Å²) in [4.78, 5) is 46.0. The number of primary amides is 1. The average Bonchev–Trinajstić information content (AvgIpc) is 2.73. The van der Waals surface area contributed by atoms with Crippen molar-refractivity contribution in [3.05, 3.63) is 28.7 Å². The summed E-state index contributed by atoms with van der Waals surface area (Å²) in [5, 5.41) is 16.0. The first-order valence-corrected chi connectivity index (χ1v) is 11.9. The molecule has 0 heterocycles. The lowest BCUT2D eigenvalue weighted by Crippen LogP contribution is -2.53. The predicted molar refractivity (Wildman–Crippen MR) is 133 cm³/mol. The molecule has 0 saturated carbocycles. The summed E-state index contributed by atoms with van der Waals surface area (Å²) in [5.74, 6) is -1.51. The standard InChI is InChI=1S/C18H27BrN4O3.C5H10O2/c1-4-5-14(16(20)24)22-17(25)15(10-11(2)3)23-18(26)21-13-8-6-12(19)7-9-13;1-2-3-4-5(6)7/h6-9,11,14-15H,4-5,10H2,1-3H3,(H2,20,24)(H,22,25)(H2,21,23,26);2-4H2,1H3,(H,6,7)/t14-,15-;/m0./s1. The minimum absolute atomic E-state index is 0.178. The highest BCUT2D eigenvalue weighted by molar-refractivity contribution is 9.10. The third-order valence-electron chi connectivity index (χ3n) is 4.41. The molecule has 0 spiro atoms. The van der Waals surface area contributed by atoms with Crippen LogP contribution in [0, 0.1) is 5.92 Å². The number of carbonyl (C=O) groups is 4. The number of aliphatic carboxylic acids is 1. The fourth-order valence-electron chi connectivity index (χ4n) is 2.74. The number of benzene rings is 1. The summed E-state index contributed by atoms with van der Waals surface area (Å²) >= 11 is 3.33. The normalized spacial score (nSPS) is 12.1. The van der Waals surface area contributed by atoms with Crippen molar-refractivity contribution in [3.63, 3.8) is 0 Å². The Bertz CT molecular complexity index is 756. The molecule has 1 rings (SSSR count). The van der Waals surface area contributed by atoms with Gasteiger partial charge in [-0.3, -0.25) is 14.4 Å². The van der Waals surface area contributed by atoms with Gasteiger partial charge < -0.3 is 26.8 Å². The number of carbonyl (C=O) groups excluding carboxylic acids is 3. The van der Waals surface area contributed by atoms with Gasteiger partial charge in [0.05, 0.1) is 0 Å². The number of rotatable bonds is 12. The molecule has 0 bridgehead atoms. The van der Waals surface area contributed by atoms with Crippen LogP contribution in [0.25, 0.3) is 0 Å². The molecule has 2 atom stereocenters. The van der Waals surface area contributed by atoms with E-state index in [0.717, 1.165) is 17.3 Å². The van der Waals surface area contributed by atoms with Crippen LogP contribution in [-0.4, -0.2) is 41.0 Å². The predicted octanol–water partition coefficient (Wildman–Crippen LogP) is 4.02. The van der Waals surface area contributed by atoms with Gasteiger partial charge in [-0.15, -0.1) is 0 Å². The maximum Gasteiger partial charge on any atom is 0.319 e. The number of anilines is 1. The molecular formula is C23H37BrN4O5. The quantitative estimate of drug-likeness (QED) is 0.277. The minimum atomic E-state index is -0.760. The molecule has 1 aromatic rings. The number of hydrogen-bond acceptors (Lipinski definition) is 4. The van der Waals surface area contributed by atoms with Crippen LogP contribution >= 0.6 is 15.9 Å². The number of urea groups is 1. The van der Waals surface area contributed by atoms with Gasteiger partial charge in [0.25, 0.3) is 0 Å².